The van der Waals surface area contributed by atoms with Crippen LogP contribution in [0.25, 0.3) is 11.1 Å². The molecule has 0 aliphatic carbocycles. The molecule has 0 saturated carbocycles. The van der Waals surface area contributed by atoms with Crippen LogP contribution in [0.1, 0.15) is 5.56 Å². The summed E-state index contributed by atoms with van der Waals surface area (Å²) < 4.78 is 16.6. The smallest absolute Gasteiger partial charge is 0.119 e. The highest BCUT2D eigenvalue weighted by Crippen LogP contribution is 2.25. The van der Waals surface area contributed by atoms with E-state index in [2.05, 4.69) is 0 Å². The van der Waals surface area contributed by atoms with Crippen molar-refractivity contribution in [3.05, 3.63) is 78.4 Å². The Bertz CT molecular complexity index is 835. The topological polar surface area (TPSA) is 51.2 Å². The molecule has 1 fully saturated rings. The van der Waals surface area contributed by atoms with Gasteiger partial charge in [-0.15, -0.1) is 0 Å². The Balaban J connectivity index is 1.31. The molecule has 0 radical (unpaired) electrons. The summed E-state index contributed by atoms with van der Waals surface area (Å²) >= 11 is 0. The van der Waals surface area contributed by atoms with Gasteiger partial charge >= 0.3 is 0 Å². The molecule has 1 aliphatic heterocycles. The van der Waals surface area contributed by atoms with Gasteiger partial charge in [0.15, 0.2) is 0 Å². The van der Waals surface area contributed by atoms with Crippen molar-refractivity contribution in [2.75, 3.05) is 13.2 Å². The molecule has 4 nitrogen and oxygen atoms in total. The monoisotopic (exact) mass is 348 g/mol. The van der Waals surface area contributed by atoms with E-state index in [1.807, 2.05) is 60.7 Å². The van der Waals surface area contributed by atoms with Gasteiger partial charge in [0.2, 0.25) is 0 Å². The molecule has 0 aromatic heterocycles. The Hall–Kier alpha value is -2.98. The summed E-state index contributed by atoms with van der Waals surface area (Å²) in [4.78, 5) is 0. The Morgan fingerprint density at radius 1 is 0.769 bits per heavy atom. The van der Waals surface area contributed by atoms with E-state index in [4.69, 9.17) is 14.2 Å². The second-order valence-corrected chi connectivity index (χ2v) is 6.27. The van der Waals surface area contributed by atoms with Crippen LogP contribution in [0, 0.1) is 0 Å². The summed E-state index contributed by atoms with van der Waals surface area (Å²) in [6.07, 6.45) is 0.266. The summed E-state index contributed by atoms with van der Waals surface area (Å²) in [5, 5.41) is 9.37. The fourth-order valence-corrected chi connectivity index (χ4v) is 2.60. The molecule has 1 atom stereocenters. The van der Waals surface area contributed by atoms with E-state index in [0.717, 1.165) is 34.8 Å². The van der Waals surface area contributed by atoms with Crippen molar-refractivity contribution < 1.29 is 19.3 Å². The second kappa shape index (κ2) is 7.50. The lowest BCUT2D eigenvalue weighted by atomic mass is 10.1. The number of ether oxygens (including phenoxy) is 3. The third kappa shape index (κ3) is 4.35. The van der Waals surface area contributed by atoms with E-state index in [0.29, 0.717) is 13.2 Å². The molecule has 4 rings (SSSR count). The molecule has 26 heavy (non-hydrogen) atoms. The first-order valence-electron chi connectivity index (χ1n) is 8.62. The van der Waals surface area contributed by atoms with E-state index in [9.17, 15) is 5.11 Å². The number of epoxide rings is 1. The maximum Gasteiger partial charge on any atom is 0.119 e. The lowest BCUT2D eigenvalue weighted by Crippen LogP contribution is -2.04. The predicted molar refractivity (Wildman–Crippen MR) is 99.6 cm³/mol. The van der Waals surface area contributed by atoms with Gasteiger partial charge in [0.05, 0.1) is 6.61 Å². The van der Waals surface area contributed by atoms with Crippen LogP contribution in [0.5, 0.6) is 17.2 Å². The number of hydrogen-bond acceptors (Lipinski definition) is 4. The van der Waals surface area contributed by atoms with Crippen LogP contribution >= 0.6 is 0 Å². The Labute approximate surface area is 152 Å². The van der Waals surface area contributed by atoms with Crippen LogP contribution in [-0.4, -0.2) is 24.4 Å². The van der Waals surface area contributed by atoms with Gasteiger partial charge in [-0.3, -0.25) is 0 Å². The van der Waals surface area contributed by atoms with Crippen LogP contribution in [0.4, 0.5) is 0 Å². The van der Waals surface area contributed by atoms with Gasteiger partial charge < -0.3 is 19.3 Å². The molecule has 3 aromatic rings. The Kier molecular flexibility index (Phi) is 4.75. The third-order valence-electron chi connectivity index (χ3n) is 4.22. The van der Waals surface area contributed by atoms with Gasteiger partial charge in [-0.2, -0.15) is 0 Å². The Morgan fingerprint density at radius 3 is 1.92 bits per heavy atom. The van der Waals surface area contributed by atoms with Crippen LogP contribution in [0.3, 0.4) is 0 Å². The van der Waals surface area contributed by atoms with Crippen molar-refractivity contribution in [1.29, 1.82) is 0 Å². The predicted octanol–water partition coefficient (Wildman–Crippen LogP) is 4.42. The van der Waals surface area contributed by atoms with Gasteiger partial charge in [-0.1, -0.05) is 36.4 Å². The van der Waals surface area contributed by atoms with Crippen LogP contribution in [0.15, 0.2) is 72.8 Å². The van der Waals surface area contributed by atoms with Gasteiger partial charge in [0.1, 0.15) is 36.6 Å². The first-order chi connectivity index (χ1) is 12.8. The van der Waals surface area contributed by atoms with Gasteiger partial charge in [0, 0.05) is 0 Å². The summed E-state index contributed by atoms with van der Waals surface area (Å²) in [6.45, 7) is 1.92. The molecule has 1 N–H and O–H groups in total. The molecule has 1 saturated heterocycles. The minimum absolute atomic E-state index is 0.266. The fraction of sp³-hybridized carbons (Fsp3) is 0.182. The van der Waals surface area contributed by atoms with Crippen molar-refractivity contribution in [3.8, 4) is 28.4 Å². The first-order valence-corrected chi connectivity index (χ1v) is 8.62. The average Bonchev–Trinajstić information content (AvgIpc) is 3.51. The van der Waals surface area contributed by atoms with E-state index >= 15 is 0 Å². The number of rotatable bonds is 7. The van der Waals surface area contributed by atoms with Crippen LogP contribution < -0.4 is 9.47 Å². The van der Waals surface area contributed by atoms with Crippen LogP contribution in [0.2, 0.25) is 0 Å². The first kappa shape index (κ1) is 16.5. The molecule has 0 amide bonds. The lowest BCUT2D eigenvalue weighted by molar-refractivity contribution is 0.262. The van der Waals surface area contributed by atoms with E-state index < -0.39 is 0 Å². The lowest BCUT2D eigenvalue weighted by Gasteiger charge is -2.09. The quantitative estimate of drug-likeness (QED) is 0.642. The molecular formula is C22H20O4. The average molecular weight is 348 g/mol. The number of phenols is 1. The molecular weight excluding hydrogens is 328 g/mol. The SMILES string of the molecule is Oc1ccc(-c2ccc(OCc3ccc(OCC4CO4)cc3)cc2)cc1. The standard InChI is InChI=1S/C22H20O4/c23-19-7-3-17(4-8-19)18-5-11-21(12-6-18)24-13-16-1-9-20(10-2-16)25-14-22-15-26-22/h1-12,22-23H,13-15H2. The maximum atomic E-state index is 9.37. The summed E-state index contributed by atoms with van der Waals surface area (Å²) in [6, 6.07) is 23.0. The van der Waals surface area contributed by atoms with Crippen molar-refractivity contribution in [3.63, 3.8) is 0 Å². The van der Waals surface area contributed by atoms with Crippen molar-refractivity contribution in [2.24, 2.45) is 0 Å². The van der Waals surface area contributed by atoms with Gasteiger partial charge in [0.25, 0.3) is 0 Å². The molecule has 132 valence electrons. The van der Waals surface area contributed by atoms with Crippen molar-refractivity contribution in [1.82, 2.24) is 0 Å². The minimum Gasteiger partial charge on any atom is -0.508 e. The second-order valence-electron chi connectivity index (χ2n) is 6.27. The highest BCUT2D eigenvalue weighted by atomic mass is 16.6. The molecule has 3 aromatic carbocycles. The highest BCUT2D eigenvalue weighted by molar-refractivity contribution is 5.64. The Morgan fingerprint density at radius 2 is 1.31 bits per heavy atom. The normalized spacial score (nSPS) is 15.5. The largest absolute Gasteiger partial charge is 0.508 e. The van der Waals surface area contributed by atoms with E-state index in [1.54, 1.807) is 12.1 Å². The van der Waals surface area contributed by atoms with E-state index in [1.165, 1.54) is 0 Å². The summed E-state index contributed by atoms with van der Waals surface area (Å²) in [5.41, 5.74) is 3.22. The zero-order valence-electron chi connectivity index (χ0n) is 14.3. The van der Waals surface area contributed by atoms with Gasteiger partial charge in [-0.25, -0.2) is 0 Å². The van der Waals surface area contributed by atoms with E-state index in [-0.39, 0.29) is 11.9 Å². The summed E-state index contributed by atoms with van der Waals surface area (Å²) in [7, 11) is 0. The molecule has 1 heterocycles. The van der Waals surface area contributed by atoms with Gasteiger partial charge in [-0.05, 0) is 53.1 Å². The number of benzene rings is 3. The minimum atomic E-state index is 0.266. The molecule has 4 heteroatoms. The number of aromatic hydroxyl groups is 1. The number of hydrogen-bond donors (Lipinski definition) is 1. The summed E-state index contributed by atoms with van der Waals surface area (Å²) in [5.74, 6) is 1.94. The molecule has 1 unspecified atom stereocenters. The fourth-order valence-electron chi connectivity index (χ4n) is 2.60. The number of phenolic OH excluding ortho intramolecular Hbond substituents is 1. The van der Waals surface area contributed by atoms with Crippen LogP contribution in [-0.2, 0) is 11.3 Å². The molecule has 1 aliphatic rings. The van der Waals surface area contributed by atoms with Crippen molar-refractivity contribution >= 4 is 0 Å². The molecule has 0 bridgehead atoms. The molecule has 0 spiro atoms. The van der Waals surface area contributed by atoms with Crippen molar-refractivity contribution in [2.45, 2.75) is 12.7 Å². The zero-order chi connectivity index (χ0) is 17.8. The highest BCUT2D eigenvalue weighted by Gasteiger charge is 2.22. The third-order valence-corrected chi connectivity index (χ3v) is 4.22. The maximum absolute atomic E-state index is 9.37. The zero-order valence-corrected chi connectivity index (χ0v) is 14.3.